The van der Waals surface area contributed by atoms with Crippen LogP contribution in [0.4, 0.5) is 0 Å². The Morgan fingerprint density at radius 2 is 0.786 bits per heavy atom. The lowest BCUT2D eigenvalue weighted by molar-refractivity contribution is 0.963. The minimum absolute atomic E-state index is 0. The van der Waals surface area contributed by atoms with Crippen LogP contribution in [0.5, 0.6) is 0 Å². The van der Waals surface area contributed by atoms with Crippen molar-refractivity contribution in [2.45, 2.75) is 53.4 Å². The van der Waals surface area contributed by atoms with E-state index in [4.69, 9.17) is 0 Å². The summed E-state index contributed by atoms with van der Waals surface area (Å²) >= 11 is 0. The number of hydrogen-bond acceptors (Lipinski definition) is 0. The molecule has 0 amide bonds. The molecule has 0 rings (SSSR count). The second-order valence-electron chi connectivity index (χ2n) is 4.24. The van der Waals surface area contributed by atoms with Crippen LogP contribution >= 0.6 is 17.2 Å². The Bertz CT molecular complexity index is 83.4. The minimum Gasteiger partial charge on any atom is -0.153 e. The van der Waals surface area contributed by atoms with Crippen LogP contribution in [-0.2, 0) is 0 Å². The molecule has 1 atom stereocenters. The summed E-state index contributed by atoms with van der Waals surface area (Å²) in [7, 11) is -0.496. The van der Waals surface area contributed by atoms with Crippen LogP contribution < -0.4 is 0 Å². The number of rotatable bonds is 8. The maximum Gasteiger partial charge on any atom is 0.0591 e. The predicted molar refractivity (Wildman–Crippen MR) is 78.7 cm³/mol. The molecule has 0 saturated heterocycles. The van der Waals surface area contributed by atoms with Gasteiger partial charge >= 0.3 is 0 Å². The van der Waals surface area contributed by atoms with E-state index in [1.165, 1.54) is 25.7 Å². The predicted octanol–water partition coefficient (Wildman–Crippen LogP) is 4.70. The quantitative estimate of drug-likeness (QED) is 0.537. The highest BCUT2D eigenvalue weighted by molar-refractivity contribution is 7.75. The van der Waals surface area contributed by atoms with Gasteiger partial charge in [-0.2, -0.15) is 9.90 Å². The lowest BCUT2D eigenvalue weighted by Gasteiger charge is -2.26. The van der Waals surface area contributed by atoms with Crippen molar-refractivity contribution in [3.8, 4) is 0 Å². The molecular weight excluding hydrogens is 206 g/mol. The summed E-state index contributed by atoms with van der Waals surface area (Å²) in [5, 5.41) is 0. The van der Waals surface area contributed by atoms with Gasteiger partial charge in [0.1, 0.15) is 0 Å². The van der Waals surface area contributed by atoms with E-state index < -0.39 is 7.26 Å². The second-order valence-corrected chi connectivity index (χ2v) is 8.71. The lowest BCUT2D eigenvalue weighted by Crippen LogP contribution is -2.10. The fraction of sp³-hybridized carbons (Fsp3) is 1.00. The fourth-order valence-corrected chi connectivity index (χ4v) is 7.70. The zero-order valence-electron chi connectivity index (χ0n) is 10.8. The topological polar surface area (TPSA) is 0 Å². The summed E-state index contributed by atoms with van der Waals surface area (Å²) in [6.07, 6.45) is 11.9. The highest BCUT2D eigenvalue weighted by Gasteiger charge is 2.32. The normalized spacial score (nSPS) is 11.1. The minimum atomic E-state index is -0.496. The van der Waals surface area contributed by atoms with Crippen molar-refractivity contribution in [2.75, 3.05) is 24.6 Å². The zero-order chi connectivity index (χ0) is 10.2. The van der Waals surface area contributed by atoms with Gasteiger partial charge < -0.3 is 0 Å². The third kappa shape index (κ3) is 6.36. The molecule has 0 aliphatic carbocycles. The molecule has 0 aliphatic heterocycles. The van der Waals surface area contributed by atoms with E-state index in [1.807, 2.05) is 0 Å². The molecule has 2 heteroatoms. The van der Waals surface area contributed by atoms with Crippen LogP contribution in [0.15, 0.2) is 0 Å². The van der Waals surface area contributed by atoms with Crippen molar-refractivity contribution in [2.24, 2.45) is 0 Å². The van der Waals surface area contributed by atoms with E-state index >= 15 is 0 Å². The molecule has 1 unspecified atom stereocenters. The van der Waals surface area contributed by atoms with Crippen LogP contribution in [0.2, 0.25) is 0 Å². The molecule has 14 heavy (non-hydrogen) atoms. The first-order chi connectivity index (χ1) is 6.24. The second kappa shape index (κ2) is 10.4. The van der Waals surface area contributed by atoms with Crippen LogP contribution in [0.3, 0.4) is 0 Å². The Balaban J connectivity index is 0. The van der Waals surface area contributed by atoms with Crippen molar-refractivity contribution < 1.29 is 0 Å². The summed E-state index contributed by atoms with van der Waals surface area (Å²) in [4.78, 5) is 0. The Morgan fingerprint density at radius 3 is 0.929 bits per heavy atom. The van der Waals surface area contributed by atoms with Crippen molar-refractivity contribution in [3.63, 3.8) is 0 Å². The molecule has 0 fully saturated rings. The van der Waals surface area contributed by atoms with Gasteiger partial charge in [0.15, 0.2) is 0 Å². The van der Waals surface area contributed by atoms with E-state index in [0.29, 0.717) is 0 Å². The summed E-state index contributed by atoms with van der Waals surface area (Å²) in [6, 6.07) is 0. The van der Waals surface area contributed by atoms with E-state index in [-0.39, 0.29) is 9.90 Å². The molecule has 0 aromatic heterocycles. The Kier molecular flexibility index (Phi) is 12.8. The van der Waals surface area contributed by atoms with Crippen LogP contribution in [-0.4, -0.2) is 24.6 Å². The zero-order valence-corrected chi connectivity index (χ0v) is 13.1. The average molecular weight is 237 g/mol. The van der Waals surface area contributed by atoms with Gasteiger partial charge in [-0.1, -0.05) is 27.7 Å². The molecular formula is C12H31P2+. The molecule has 0 heterocycles. The van der Waals surface area contributed by atoms with Crippen molar-refractivity contribution >= 4 is 17.2 Å². The van der Waals surface area contributed by atoms with Crippen molar-refractivity contribution in [1.29, 1.82) is 0 Å². The summed E-state index contributed by atoms with van der Waals surface area (Å²) in [5.74, 6) is 0. The first-order valence-electron chi connectivity index (χ1n) is 6.09. The average Bonchev–Trinajstić information content (AvgIpc) is 2.06. The summed E-state index contributed by atoms with van der Waals surface area (Å²) < 4.78 is 0. The van der Waals surface area contributed by atoms with E-state index in [2.05, 4.69) is 27.7 Å². The monoisotopic (exact) mass is 237 g/mol. The maximum atomic E-state index is 2.36. The lowest BCUT2D eigenvalue weighted by atomic mass is 10.5. The fourth-order valence-electron chi connectivity index (χ4n) is 2.57. The van der Waals surface area contributed by atoms with E-state index in [0.717, 1.165) is 0 Å². The van der Waals surface area contributed by atoms with Crippen LogP contribution in [0.1, 0.15) is 53.4 Å². The molecule has 0 aromatic rings. The van der Waals surface area contributed by atoms with Gasteiger partial charge in [0.05, 0.1) is 24.6 Å². The standard InChI is InChI=1S/C12H28P.H3P/c1-5-9-13(10-6-2,11-7-3)12-8-4;/h5-12H2,1-4H3;1H3/q+1;. The summed E-state index contributed by atoms with van der Waals surface area (Å²) in [5.41, 5.74) is 0. The van der Waals surface area contributed by atoms with Crippen LogP contribution in [0.25, 0.3) is 0 Å². The van der Waals surface area contributed by atoms with E-state index in [1.54, 1.807) is 24.6 Å². The summed E-state index contributed by atoms with van der Waals surface area (Å²) in [6.45, 7) is 9.43. The Hall–Kier alpha value is 0.860. The molecule has 0 spiro atoms. The molecule has 0 aromatic carbocycles. The first-order valence-corrected chi connectivity index (χ1v) is 8.62. The molecule has 88 valence electrons. The highest BCUT2D eigenvalue weighted by atomic mass is 31.2. The van der Waals surface area contributed by atoms with Crippen molar-refractivity contribution in [3.05, 3.63) is 0 Å². The first kappa shape index (κ1) is 17.3. The van der Waals surface area contributed by atoms with Gasteiger partial charge in [0, 0.05) is 7.26 Å². The highest BCUT2D eigenvalue weighted by Crippen LogP contribution is 2.60. The van der Waals surface area contributed by atoms with Crippen LogP contribution in [0, 0.1) is 0 Å². The van der Waals surface area contributed by atoms with Gasteiger partial charge in [-0.05, 0) is 25.7 Å². The van der Waals surface area contributed by atoms with Crippen molar-refractivity contribution in [1.82, 2.24) is 0 Å². The Morgan fingerprint density at radius 1 is 0.571 bits per heavy atom. The third-order valence-corrected chi connectivity index (χ3v) is 8.38. The van der Waals surface area contributed by atoms with E-state index in [9.17, 15) is 0 Å². The molecule has 0 nitrogen and oxygen atoms in total. The molecule has 0 bridgehead atoms. The van der Waals surface area contributed by atoms with Gasteiger partial charge in [0.2, 0.25) is 0 Å². The molecule has 0 saturated carbocycles. The molecule has 0 aliphatic rings. The van der Waals surface area contributed by atoms with Gasteiger partial charge in [-0.3, -0.25) is 0 Å². The SMILES string of the molecule is CCC[P+](CCC)(CCC)CCC.P. The smallest absolute Gasteiger partial charge is 0.0591 e. The van der Waals surface area contributed by atoms with Gasteiger partial charge in [0.25, 0.3) is 0 Å². The Labute approximate surface area is 95.6 Å². The molecule has 0 N–H and O–H groups in total. The van der Waals surface area contributed by atoms with Gasteiger partial charge in [-0.15, -0.1) is 0 Å². The largest absolute Gasteiger partial charge is 0.153 e. The molecule has 0 radical (unpaired) electrons. The number of hydrogen-bond donors (Lipinski definition) is 0. The maximum absolute atomic E-state index is 2.36. The van der Waals surface area contributed by atoms with Gasteiger partial charge in [-0.25, -0.2) is 0 Å². The third-order valence-electron chi connectivity index (χ3n) is 2.79.